The predicted octanol–water partition coefficient (Wildman–Crippen LogP) is 3.85. The molecule has 102 valence electrons. The van der Waals surface area contributed by atoms with Crippen LogP contribution in [0.2, 0.25) is 5.02 Å². The van der Waals surface area contributed by atoms with Gasteiger partial charge in [0.25, 0.3) is 0 Å². The van der Waals surface area contributed by atoms with Crippen LogP contribution in [0.25, 0.3) is 10.2 Å². The van der Waals surface area contributed by atoms with E-state index in [1.165, 1.54) is 12.8 Å². The van der Waals surface area contributed by atoms with Crippen molar-refractivity contribution in [3.05, 3.63) is 23.2 Å². The third-order valence-electron chi connectivity index (χ3n) is 3.51. The second-order valence-corrected chi connectivity index (χ2v) is 6.30. The van der Waals surface area contributed by atoms with Gasteiger partial charge in [0.05, 0.1) is 15.2 Å². The number of benzene rings is 1. The highest BCUT2D eigenvalue weighted by Crippen LogP contribution is 2.31. The predicted molar refractivity (Wildman–Crippen MR) is 83.4 cm³/mol. The first-order valence-electron chi connectivity index (χ1n) is 6.81. The van der Waals surface area contributed by atoms with E-state index in [4.69, 9.17) is 11.6 Å². The molecule has 0 radical (unpaired) electrons. The van der Waals surface area contributed by atoms with Crippen LogP contribution in [0.1, 0.15) is 19.8 Å². The van der Waals surface area contributed by atoms with E-state index in [2.05, 4.69) is 22.1 Å². The van der Waals surface area contributed by atoms with Gasteiger partial charge in [0, 0.05) is 19.1 Å². The topological polar surface area (TPSA) is 28.2 Å². The average Bonchev–Trinajstić information content (AvgIpc) is 3.15. The van der Waals surface area contributed by atoms with Gasteiger partial charge in [0.1, 0.15) is 0 Å². The maximum atomic E-state index is 6.16. The summed E-state index contributed by atoms with van der Waals surface area (Å²) in [5, 5.41) is 5.17. The molecule has 0 bridgehead atoms. The number of hydrogen-bond donors (Lipinski definition) is 1. The van der Waals surface area contributed by atoms with Crippen LogP contribution in [-0.4, -0.2) is 35.6 Å². The average molecular weight is 296 g/mol. The van der Waals surface area contributed by atoms with E-state index in [1.807, 2.05) is 18.2 Å². The van der Waals surface area contributed by atoms with E-state index in [0.29, 0.717) is 0 Å². The number of thiazole rings is 1. The Labute approximate surface area is 122 Å². The number of aromatic nitrogens is 1. The molecule has 1 aromatic carbocycles. The van der Waals surface area contributed by atoms with Crippen molar-refractivity contribution in [3.63, 3.8) is 0 Å². The van der Waals surface area contributed by atoms with Crippen LogP contribution < -0.4 is 5.32 Å². The molecule has 1 aromatic heterocycles. The Morgan fingerprint density at radius 1 is 1.47 bits per heavy atom. The fourth-order valence-corrected chi connectivity index (χ4v) is 3.52. The summed E-state index contributed by atoms with van der Waals surface area (Å²) in [6, 6.07) is 6.69. The normalized spacial score (nSPS) is 15.3. The van der Waals surface area contributed by atoms with Gasteiger partial charge in [-0.2, -0.15) is 0 Å². The Kier molecular flexibility index (Phi) is 3.91. The fraction of sp³-hybridized carbons (Fsp3) is 0.500. The van der Waals surface area contributed by atoms with Gasteiger partial charge in [-0.15, -0.1) is 0 Å². The first kappa shape index (κ1) is 13.2. The Hall–Kier alpha value is -0.840. The molecule has 0 unspecified atom stereocenters. The molecule has 0 saturated heterocycles. The van der Waals surface area contributed by atoms with Crippen molar-refractivity contribution in [2.45, 2.75) is 25.8 Å². The molecule has 1 aliphatic rings. The number of anilines is 1. The van der Waals surface area contributed by atoms with Crippen molar-refractivity contribution in [1.29, 1.82) is 0 Å². The van der Waals surface area contributed by atoms with Crippen molar-refractivity contribution in [1.82, 2.24) is 9.88 Å². The Morgan fingerprint density at radius 2 is 2.32 bits per heavy atom. The number of rotatable bonds is 6. The van der Waals surface area contributed by atoms with Crippen LogP contribution in [0.3, 0.4) is 0 Å². The Morgan fingerprint density at radius 3 is 3.00 bits per heavy atom. The molecule has 1 N–H and O–H groups in total. The van der Waals surface area contributed by atoms with Gasteiger partial charge in [-0.05, 0) is 31.5 Å². The highest BCUT2D eigenvalue weighted by molar-refractivity contribution is 7.22. The lowest BCUT2D eigenvalue weighted by atomic mass is 10.3. The van der Waals surface area contributed by atoms with Crippen LogP contribution in [0.15, 0.2) is 18.2 Å². The number of likely N-dealkylation sites (N-methyl/N-ethyl adjacent to an activating group) is 1. The lowest BCUT2D eigenvalue weighted by Crippen LogP contribution is -2.30. The second-order valence-electron chi connectivity index (χ2n) is 4.89. The van der Waals surface area contributed by atoms with Crippen molar-refractivity contribution >= 4 is 38.3 Å². The van der Waals surface area contributed by atoms with Crippen LogP contribution in [0, 0.1) is 0 Å². The summed E-state index contributed by atoms with van der Waals surface area (Å²) < 4.78 is 1.07. The Balaban J connectivity index is 1.60. The summed E-state index contributed by atoms with van der Waals surface area (Å²) in [6.07, 6.45) is 2.73. The molecule has 0 spiro atoms. The van der Waals surface area contributed by atoms with E-state index in [9.17, 15) is 0 Å². The van der Waals surface area contributed by atoms with Crippen molar-refractivity contribution in [3.8, 4) is 0 Å². The first-order chi connectivity index (χ1) is 9.28. The van der Waals surface area contributed by atoms with Crippen LogP contribution in [-0.2, 0) is 0 Å². The van der Waals surface area contributed by atoms with Crippen molar-refractivity contribution in [2.24, 2.45) is 0 Å². The molecule has 19 heavy (non-hydrogen) atoms. The SMILES string of the molecule is CCN(CCNc1nc2cccc(Cl)c2s1)C1CC1. The third kappa shape index (κ3) is 3.02. The molecule has 0 atom stereocenters. The molecule has 3 rings (SSSR count). The van der Waals surface area contributed by atoms with E-state index in [1.54, 1.807) is 11.3 Å². The highest BCUT2D eigenvalue weighted by Gasteiger charge is 2.27. The van der Waals surface area contributed by atoms with E-state index >= 15 is 0 Å². The zero-order valence-corrected chi connectivity index (χ0v) is 12.6. The van der Waals surface area contributed by atoms with Crippen LogP contribution >= 0.6 is 22.9 Å². The molecule has 1 fully saturated rings. The minimum Gasteiger partial charge on any atom is -0.360 e. The van der Waals surface area contributed by atoms with E-state index in [-0.39, 0.29) is 0 Å². The van der Waals surface area contributed by atoms with Gasteiger partial charge < -0.3 is 5.32 Å². The summed E-state index contributed by atoms with van der Waals surface area (Å²) in [7, 11) is 0. The smallest absolute Gasteiger partial charge is 0.183 e. The molecule has 1 heterocycles. The summed E-state index contributed by atoms with van der Waals surface area (Å²) in [5.41, 5.74) is 0.981. The van der Waals surface area contributed by atoms with Crippen LogP contribution in [0.4, 0.5) is 5.13 Å². The number of halogens is 1. The second kappa shape index (κ2) is 5.65. The maximum Gasteiger partial charge on any atom is 0.183 e. The maximum absolute atomic E-state index is 6.16. The molecule has 1 saturated carbocycles. The van der Waals surface area contributed by atoms with Crippen molar-refractivity contribution in [2.75, 3.05) is 25.0 Å². The zero-order chi connectivity index (χ0) is 13.2. The monoisotopic (exact) mass is 295 g/mol. The fourth-order valence-electron chi connectivity index (χ4n) is 2.34. The van der Waals surface area contributed by atoms with Gasteiger partial charge >= 0.3 is 0 Å². The molecule has 5 heteroatoms. The van der Waals surface area contributed by atoms with Gasteiger partial charge in [0.15, 0.2) is 5.13 Å². The minimum atomic E-state index is 0.788. The van der Waals surface area contributed by atoms with Gasteiger partial charge in [-0.1, -0.05) is 35.9 Å². The molecule has 1 aliphatic carbocycles. The standard InChI is InChI=1S/C14H18ClN3S/c1-2-18(10-6-7-10)9-8-16-14-17-12-5-3-4-11(15)13(12)19-14/h3-5,10H,2,6-9H2,1H3,(H,16,17). The van der Waals surface area contributed by atoms with Crippen LogP contribution in [0.5, 0.6) is 0 Å². The lowest BCUT2D eigenvalue weighted by molar-refractivity contribution is 0.289. The summed E-state index contributed by atoms with van der Waals surface area (Å²) in [5.74, 6) is 0. The number of nitrogens with one attached hydrogen (secondary N) is 1. The zero-order valence-electron chi connectivity index (χ0n) is 11.0. The highest BCUT2D eigenvalue weighted by atomic mass is 35.5. The largest absolute Gasteiger partial charge is 0.360 e. The molecular formula is C14H18ClN3S. The first-order valence-corrected chi connectivity index (χ1v) is 8.00. The minimum absolute atomic E-state index is 0.788. The van der Waals surface area contributed by atoms with Gasteiger partial charge in [-0.3, -0.25) is 4.90 Å². The summed E-state index contributed by atoms with van der Waals surface area (Å²) in [4.78, 5) is 7.10. The van der Waals surface area contributed by atoms with Gasteiger partial charge in [-0.25, -0.2) is 4.98 Å². The summed E-state index contributed by atoms with van der Waals surface area (Å²) in [6.45, 7) is 5.40. The molecular weight excluding hydrogens is 278 g/mol. The van der Waals surface area contributed by atoms with Crippen molar-refractivity contribution < 1.29 is 0 Å². The van der Waals surface area contributed by atoms with Gasteiger partial charge in [0.2, 0.25) is 0 Å². The molecule has 0 amide bonds. The van der Waals surface area contributed by atoms with E-state index in [0.717, 1.165) is 46.0 Å². The van der Waals surface area contributed by atoms with E-state index < -0.39 is 0 Å². The summed E-state index contributed by atoms with van der Waals surface area (Å²) >= 11 is 7.80. The Bertz CT molecular complexity index is 565. The molecule has 3 nitrogen and oxygen atoms in total. The number of fused-ring (bicyclic) bond motifs is 1. The third-order valence-corrected chi connectivity index (χ3v) is 5.00. The molecule has 2 aromatic rings. The number of nitrogens with zero attached hydrogens (tertiary/aromatic N) is 2. The molecule has 0 aliphatic heterocycles. The quantitative estimate of drug-likeness (QED) is 0.877. The number of hydrogen-bond acceptors (Lipinski definition) is 4. The lowest BCUT2D eigenvalue weighted by Gasteiger charge is -2.19.